The van der Waals surface area contributed by atoms with Gasteiger partial charge in [0, 0.05) is 5.56 Å². The highest BCUT2D eigenvalue weighted by atomic mass is 19.1. The average molecular weight is 287 g/mol. The second kappa shape index (κ2) is 5.95. The van der Waals surface area contributed by atoms with Crippen LogP contribution >= 0.6 is 0 Å². The first-order valence-electron chi connectivity index (χ1n) is 6.65. The van der Waals surface area contributed by atoms with Gasteiger partial charge in [0.25, 0.3) is 5.91 Å². The Labute approximate surface area is 123 Å². The van der Waals surface area contributed by atoms with Crippen molar-refractivity contribution in [3.63, 3.8) is 0 Å². The maximum Gasteiger partial charge on any atom is 0.252 e. The van der Waals surface area contributed by atoms with Gasteiger partial charge in [-0.05, 0) is 49.7 Å². The minimum Gasteiger partial charge on any atom is -0.497 e. The lowest BCUT2D eigenvalue weighted by Crippen LogP contribution is -2.41. The summed E-state index contributed by atoms with van der Waals surface area (Å²) in [5.74, 6) is 0.124. The number of rotatable bonds is 4. The largest absolute Gasteiger partial charge is 0.497 e. The van der Waals surface area contributed by atoms with Crippen molar-refractivity contribution in [1.82, 2.24) is 5.32 Å². The Bertz CT molecular complexity index is 635. The molecule has 0 aromatic heterocycles. The van der Waals surface area contributed by atoms with Gasteiger partial charge in [-0.3, -0.25) is 4.79 Å². The van der Waals surface area contributed by atoms with Gasteiger partial charge < -0.3 is 10.1 Å². The molecule has 0 aliphatic rings. The highest BCUT2D eigenvalue weighted by Crippen LogP contribution is 2.21. The van der Waals surface area contributed by atoms with E-state index in [1.165, 1.54) is 12.1 Å². The number of nitrogens with one attached hydrogen (secondary N) is 1. The zero-order valence-corrected chi connectivity index (χ0v) is 12.3. The predicted molar refractivity (Wildman–Crippen MR) is 79.9 cm³/mol. The number of hydrogen-bond acceptors (Lipinski definition) is 2. The highest BCUT2D eigenvalue weighted by Gasteiger charge is 2.23. The molecule has 2 rings (SSSR count). The van der Waals surface area contributed by atoms with Gasteiger partial charge in [-0.25, -0.2) is 4.39 Å². The molecular formula is C17H18FNO2. The number of ether oxygens (including phenoxy) is 1. The fraction of sp³-hybridized carbons (Fsp3) is 0.235. The van der Waals surface area contributed by atoms with Gasteiger partial charge in [0.05, 0.1) is 12.6 Å². The van der Waals surface area contributed by atoms with E-state index in [0.717, 1.165) is 5.56 Å². The zero-order chi connectivity index (χ0) is 15.5. The maximum atomic E-state index is 13.0. The second-order valence-electron chi connectivity index (χ2n) is 5.32. The van der Waals surface area contributed by atoms with E-state index in [2.05, 4.69) is 5.32 Å². The first kappa shape index (κ1) is 15.0. The molecule has 0 bridgehead atoms. The number of halogens is 1. The van der Waals surface area contributed by atoms with Crippen LogP contribution in [-0.2, 0) is 5.54 Å². The van der Waals surface area contributed by atoms with Crippen LogP contribution in [0.25, 0.3) is 0 Å². The molecule has 0 radical (unpaired) electrons. The van der Waals surface area contributed by atoms with E-state index in [1.807, 2.05) is 13.8 Å². The molecule has 110 valence electrons. The van der Waals surface area contributed by atoms with Crippen LogP contribution in [0.3, 0.4) is 0 Å². The fourth-order valence-corrected chi connectivity index (χ4v) is 2.06. The van der Waals surface area contributed by atoms with Gasteiger partial charge in [-0.1, -0.05) is 18.2 Å². The first-order valence-corrected chi connectivity index (χ1v) is 6.65. The fourth-order valence-electron chi connectivity index (χ4n) is 2.06. The summed E-state index contributed by atoms with van der Waals surface area (Å²) in [5.41, 5.74) is 0.748. The number of amides is 1. The molecule has 21 heavy (non-hydrogen) atoms. The van der Waals surface area contributed by atoms with E-state index in [1.54, 1.807) is 43.5 Å². The molecule has 0 spiro atoms. The van der Waals surface area contributed by atoms with Crippen LogP contribution < -0.4 is 10.1 Å². The molecule has 1 N–H and O–H groups in total. The number of carbonyl (C=O) groups is 1. The molecule has 0 aliphatic carbocycles. The summed E-state index contributed by atoms with van der Waals surface area (Å²) in [4.78, 5) is 12.3. The van der Waals surface area contributed by atoms with Crippen molar-refractivity contribution >= 4 is 5.91 Å². The summed E-state index contributed by atoms with van der Waals surface area (Å²) in [6.07, 6.45) is 0. The quantitative estimate of drug-likeness (QED) is 0.934. The molecule has 1 amide bonds. The topological polar surface area (TPSA) is 38.3 Å². The third kappa shape index (κ3) is 3.60. The van der Waals surface area contributed by atoms with Gasteiger partial charge in [0.15, 0.2) is 0 Å². The van der Waals surface area contributed by atoms with Crippen molar-refractivity contribution < 1.29 is 13.9 Å². The summed E-state index contributed by atoms with van der Waals surface area (Å²) < 4.78 is 18.1. The second-order valence-corrected chi connectivity index (χ2v) is 5.32. The van der Waals surface area contributed by atoms with Crippen LogP contribution in [-0.4, -0.2) is 13.0 Å². The lowest BCUT2D eigenvalue weighted by molar-refractivity contribution is 0.0911. The Morgan fingerprint density at radius 2 is 1.81 bits per heavy atom. The van der Waals surface area contributed by atoms with Crippen molar-refractivity contribution in [3.05, 3.63) is 65.5 Å². The van der Waals surface area contributed by atoms with Crippen LogP contribution in [0.2, 0.25) is 0 Å². The molecule has 2 aromatic carbocycles. The predicted octanol–water partition coefficient (Wildman–Crippen LogP) is 3.50. The summed E-state index contributed by atoms with van der Waals surface area (Å²) in [6.45, 7) is 3.75. The normalized spacial score (nSPS) is 11.0. The van der Waals surface area contributed by atoms with E-state index in [4.69, 9.17) is 4.74 Å². The third-order valence-corrected chi connectivity index (χ3v) is 3.32. The van der Waals surface area contributed by atoms with E-state index >= 15 is 0 Å². The lowest BCUT2D eigenvalue weighted by Gasteiger charge is -2.27. The van der Waals surface area contributed by atoms with Crippen molar-refractivity contribution in [2.45, 2.75) is 19.4 Å². The Morgan fingerprint density at radius 3 is 2.43 bits per heavy atom. The van der Waals surface area contributed by atoms with Crippen molar-refractivity contribution in [2.75, 3.05) is 7.11 Å². The molecule has 0 saturated heterocycles. The first-order chi connectivity index (χ1) is 9.92. The molecule has 0 heterocycles. The number of carbonyl (C=O) groups excluding carboxylic acids is 1. The van der Waals surface area contributed by atoms with Crippen LogP contribution in [0.4, 0.5) is 4.39 Å². The summed E-state index contributed by atoms with van der Waals surface area (Å²) in [5, 5.41) is 2.94. The summed E-state index contributed by atoms with van der Waals surface area (Å²) in [6, 6.07) is 13.0. The van der Waals surface area contributed by atoms with Crippen LogP contribution in [0.1, 0.15) is 29.8 Å². The molecule has 3 nitrogen and oxygen atoms in total. The average Bonchev–Trinajstić information content (AvgIpc) is 2.47. The minimum absolute atomic E-state index is 0.205. The van der Waals surface area contributed by atoms with Crippen molar-refractivity contribution in [3.8, 4) is 5.75 Å². The van der Waals surface area contributed by atoms with Crippen LogP contribution in [0.15, 0.2) is 48.5 Å². The van der Waals surface area contributed by atoms with E-state index in [9.17, 15) is 9.18 Å². The molecular weight excluding hydrogens is 269 g/mol. The van der Waals surface area contributed by atoms with E-state index < -0.39 is 5.54 Å². The molecule has 2 aromatic rings. The molecule has 4 heteroatoms. The summed E-state index contributed by atoms with van der Waals surface area (Å²) in [7, 11) is 1.56. The van der Waals surface area contributed by atoms with Gasteiger partial charge in [0.2, 0.25) is 0 Å². The molecule has 0 aliphatic heterocycles. The maximum absolute atomic E-state index is 13.0. The van der Waals surface area contributed by atoms with Gasteiger partial charge in [-0.2, -0.15) is 0 Å². The van der Waals surface area contributed by atoms with Crippen LogP contribution in [0, 0.1) is 5.82 Å². The van der Waals surface area contributed by atoms with Crippen molar-refractivity contribution in [2.24, 2.45) is 0 Å². The third-order valence-electron chi connectivity index (χ3n) is 3.32. The minimum atomic E-state index is -0.603. The van der Waals surface area contributed by atoms with E-state index in [-0.39, 0.29) is 11.7 Å². The van der Waals surface area contributed by atoms with Crippen molar-refractivity contribution in [1.29, 1.82) is 0 Å². The Balaban J connectivity index is 2.19. The SMILES string of the molecule is COc1cccc(C(=O)NC(C)(C)c2ccc(F)cc2)c1. The van der Waals surface area contributed by atoms with E-state index in [0.29, 0.717) is 11.3 Å². The molecule has 0 saturated carbocycles. The molecule has 0 fully saturated rings. The smallest absolute Gasteiger partial charge is 0.252 e. The number of methoxy groups -OCH3 is 1. The molecule has 0 atom stereocenters. The Morgan fingerprint density at radius 1 is 1.14 bits per heavy atom. The standard InChI is InChI=1S/C17H18FNO2/c1-17(2,13-7-9-14(18)10-8-13)19-16(20)12-5-4-6-15(11-12)21-3/h4-11H,1-3H3,(H,19,20). The Hall–Kier alpha value is -2.36. The number of hydrogen-bond donors (Lipinski definition) is 1. The van der Waals surface area contributed by atoms with Gasteiger partial charge >= 0.3 is 0 Å². The number of benzene rings is 2. The zero-order valence-electron chi connectivity index (χ0n) is 12.3. The highest BCUT2D eigenvalue weighted by molar-refractivity contribution is 5.95. The van der Waals surface area contributed by atoms with Crippen LogP contribution in [0.5, 0.6) is 5.75 Å². The van der Waals surface area contributed by atoms with Gasteiger partial charge in [-0.15, -0.1) is 0 Å². The van der Waals surface area contributed by atoms with Gasteiger partial charge in [0.1, 0.15) is 11.6 Å². The molecule has 0 unspecified atom stereocenters. The summed E-state index contributed by atoms with van der Waals surface area (Å²) >= 11 is 0. The Kier molecular flexibility index (Phi) is 4.26. The monoisotopic (exact) mass is 287 g/mol. The lowest BCUT2D eigenvalue weighted by atomic mass is 9.94.